The van der Waals surface area contributed by atoms with Gasteiger partial charge in [-0.05, 0) is 121 Å². The number of aromatic nitrogens is 2. The van der Waals surface area contributed by atoms with Crippen molar-refractivity contribution in [2.45, 2.75) is 38.5 Å². The quantitative estimate of drug-likeness (QED) is 0.0557. The average Bonchev–Trinajstić information content (AvgIpc) is 4.27. The van der Waals surface area contributed by atoms with Crippen molar-refractivity contribution in [2.24, 2.45) is 16.6 Å². The number of fused-ring (bicyclic) bond motifs is 2. The van der Waals surface area contributed by atoms with Gasteiger partial charge in [-0.3, -0.25) is 25.3 Å². The Morgan fingerprint density at radius 2 is 0.969 bits per heavy atom. The van der Waals surface area contributed by atoms with E-state index in [-0.39, 0.29) is 51.8 Å². The van der Waals surface area contributed by atoms with E-state index in [1.807, 2.05) is 72.8 Å². The molecule has 0 bridgehead atoms. The molecule has 2 fully saturated rings. The number of nitrogens with zero attached hydrogens (tertiary/aromatic N) is 3. The van der Waals surface area contributed by atoms with E-state index in [0.29, 0.717) is 66.3 Å². The van der Waals surface area contributed by atoms with Crippen LogP contribution in [0, 0.1) is 22.2 Å². The van der Waals surface area contributed by atoms with Crippen LogP contribution in [0.2, 0.25) is 0 Å². The molecule has 2 heterocycles. The van der Waals surface area contributed by atoms with Crippen molar-refractivity contribution in [3.63, 3.8) is 0 Å². The molecule has 0 saturated heterocycles. The number of ether oxygens (including phenoxy) is 8. The van der Waals surface area contributed by atoms with Gasteiger partial charge in [0.25, 0.3) is 0 Å². The third-order valence-electron chi connectivity index (χ3n) is 11.3. The molecular formula is C48H53N4NaO12. The summed E-state index contributed by atoms with van der Waals surface area (Å²) in [4.78, 5) is 20.5. The average molecular weight is 901 g/mol. The minimum absolute atomic E-state index is 0. The van der Waals surface area contributed by atoms with Crippen molar-refractivity contribution in [3.05, 3.63) is 85.2 Å². The first-order chi connectivity index (χ1) is 30.6. The van der Waals surface area contributed by atoms with Crippen LogP contribution in [0.25, 0.3) is 44.1 Å². The first-order valence-electron chi connectivity index (χ1n) is 20.1. The first-order valence-corrected chi connectivity index (χ1v) is 20.1. The van der Waals surface area contributed by atoms with Gasteiger partial charge in [0.05, 0.1) is 73.0 Å². The van der Waals surface area contributed by atoms with Gasteiger partial charge in [-0.25, -0.2) is 0 Å². The topological polar surface area (TPSA) is 237 Å². The maximum atomic E-state index is 11.4. The van der Waals surface area contributed by atoms with E-state index in [1.54, 1.807) is 55.1 Å². The van der Waals surface area contributed by atoms with Gasteiger partial charge in [-0.2, -0.15) is 5.26 Å². The normalized spacial score (nSPS) is 13.3. The number of nitriles is 1. The largest absolute Gasteiger partial charge is 1.00 e. The summed E-state index contributed by atoms with van der Waals surface area (Å²) in [6.07, 6.45) is 8.33. The molecular weight excluding hydrogens is 848 g/mol. The number of nitrogens with two attached hydrogens (primary N) is 1. The van der Waals surface area contributed by atoms with Crippen molar-refractivity contribution in [2.75, 3.05) is 55.9 Å². The van der Waals surface area contributed by atoms with Crippen molar-refractivity contribution in [1.29, 1.82) is 5.26 Å². The van der Waals surface area contributed by atoms with E-state index in [1.165, 1.54) is 0 Å². The van der Waals surface area contributed by atoms with Crippen LogP contribution in [0.5, 0.6) is 46.0 Å². The predicted octanol–water partition coefficient (Wildman–Crippen LogP) is 5.81. The second kappa shape index (κ2) is 23.2. The van der Waals surface area contributed by atoms with Gasteiger partial charge in [0.15, 0.2) is 23.0 Å². The summed E-state index contributed by atoms with van der Waals surface area (Å²) in [5.41, 5.74) is 10.5. The number of methoxy groups -OCH3 is 6. The molecule has 2 saturated carbocycles. The molecule has 0 spiro atoms. The van der Waals surface area contributed by atoms with E-state index in [2.05, 4.69) is 16.0 Å². The number of carbonyl (C=O) groups excluding carboxylic acids is 1. The summed E-state index contributed by atoms with van der Waals surface area (Å²) in [6, 6.07) is 25.7. The number of primary amides is 1. The predicted molar refractivity (Wildman–Crippen MR) is 239 cm³/mol. The van der Waals surface area contributed by atoms with Crippen molar-refractivity contribution >= 4 is 27.7 Å². The van der Waals surface area contributed by atoms with E-state index in [0.717, 1.165) is 75.5 Å². The minimum atomic E-state index is -0.293. The maximum Gasteiger partial charge on any atom is 1.00 e. The van der Waals surface area contributed by atoms with Crippen LogP contribution in [0.1, 0.15) is 38.5 Å². The number of hydrogen-bond donors (Lipinski definition) is 3. The van der Waals surface area contributed by atoms with Crippen LogP contribution < -0.4 is 73.2 Å². The van der Waals surface area contributed by atoms with Crippen LogP contribution >= 0.6 is 0 Å². The molecule has 1 amide bonds. The van der Waals surface area contributed by atoms with Gasteiger partial charge in [0, 0.05) is 46.8 Å². The smallest absolute Gasteiger partial charge is 0.870 e. The second-order valence-corrected chi connectivity index (χ2v) is 15.5. The first kappa shape index (κ1) is 51.6. The zero-order chi connectivity index (χ0) is 45.1. The van der Waals surface area contributed by atoms with Crippen molar-refractivity contribution in [3.8, 4) is 74.3 Å². The Labute approximate surface area is 399 Å². The Kier molecular flexibility index (Phi) is 18.4. The summed E-state index contributed by atoms with van der Waals surface area (Å²) in [5.74, 6) is 4.57. The fraction of sp³-hybridized carbons (Fsp3) is 0.333. The van der Waals surface area contributed by atoms with Gasteiger partial charge >= 0.3 is 29.6 Å². The molecule has 2 aliphatic carbocycles. The van der Waals surface area contributed by atoms with E-state index in [4.69, 9.17) is 59.4 Å². The van der Waals surface area contributed by atoms with Gasteiger partial charge in [-0.15, -0.1) is 0 Å². The summed E-state index contributed by atoms with van der Waals surface area (Å²) >= 11 is 0. The molecule has 0 atom stereocenters. The Morgan fingerprint density at radius 1 is 0.615 bits per heavy atom. The maximum absolute atomic E-state index is 11.4. The van der Waals surface area contributed by atoms with Gasteiger partial charge in [-0.1, -0.05) is 0 Å². The molecule has 6 aromatic rings. The van der Waals surface area contributed by atoms with Crippen LogP contribution in [0.3, 0.4) is 0 Å². The summed E-state index contributed by atoms with van der Waals surface area (Å²) in [7, 11) is 9.53. The standard InChI is InChI=1S/C24H26N2O5.C24H24N2O4.Na.H2O2.H2O/c1-28-20-11-16(12-21(29-2)23(20)30-3)15-9-18-17(5-4-8-26-18)19(10-15)31-14-24(6-7-24)13-22(25)27;1-27-21-13-17(14-22(28-2)23(21)29-3)16-11-19-18(5-4-10-26-19)20(12-16)30-15-24(6-7-24)8-9-25;;1-2;/h4-5,8-12H,6-7,13-14H2,1-3H3,(H2,25,27);4-5,10-14H,6-8,15H2,1-3H3;;1-2H;1H2/q;;+1;;/p-1. The van der Waals surface area contributed by atoms with E-state index >= 15 is 0 Å². The van der Waals surface area contributed by atoms with Crippen LogP contribution in [0.4, 0.5) is 0 Å². The van der Waals surface area contributed by atoms with Crippen LogP contribution in [-0.2, 0) is 4.79 Å². The Balaban J connectivity index is 0.000000266. The molecule has 4 aromatic carbocycles. The van der Waals surface area contributed by atoms with Gasteiger partial charge in [0.2, 0.25) is 17.4 Å². The van der Waals surface area contributed by atoms with Crippen molar-refractivity contribution in [1.82, 2.24) is 9.97 Å². The summed E-state index contributed by atoms with van der Waals surface area (Å²) in [6.45, 7) is 0.974. The van der Waals surface area contributed by atoms with Crippen LogP contribution in [0.15, 0.2) is 85.2 Å². The molecule has 0 unspecified atom stereocenters. The van der Waals surface area contributed by atoms with Gasteiger partial charge < -0.3 is 49.1 Å². The molecule has 2 aromatic heterocycles. The van der Waals surface area contributed by atoms with Crippen molar-refractivity contribution < 1.29 is 88.2 Å². The zero-order valence-electron chi connectivity index (χ0n) is 37.7. The van der Waals surface area contributed by atoms with Gasteiger partial charge in [0.1, 0.15) is 11.5 Å². The summed E-state index contributed by atoms with van der Waals surface area (Å²) < 4.78 is 45.3. The zero-order valence-corrected chi connectivity index (χ0v) is 39.7. The Morgan fingerprint density at radius 3 is 1.29 bits per heavy atom. The molecule has 2 aliphatic rings. The number of amides is 1. The molecule has 338 valence electrons. The molecule has 8 rings (SSSR count). The minimum Gasteiger partial charge on any atom is -0.870 e. The monoisotopic (exact) mass is 900 g/mol. The number of benzene rings is 4. The third kappa shape index (κ3) is 12.0. The Hall–Kier alpha value is -6.06. The molecule has 65 heavy (non-hydrogen) atoms. The number of hydrogen-bond acceptors (Lipinski definition) is 15. The third-order valence-corrected chi connectivity index (χ3v) is 11.3. The summed E-state index contributed by atoms with van der Waals surface area (Å²) in [5, 5.41) is 23.0. The van der Waals surface area contributed by atoms with E-state index < -0.39 is 0 Å². The fourth-order valence-electron chi connectivity index (χ4n) is 7.46. The molecule has 17 heteroatoms. The molecule has 16 nitrogen and oxygen atoms in total. The SMILES string of the molecule is COc1cc(-c2cc(OCC3(CC#N)CC3)c3cccnc3c2)cc(OC)c1OC.COc1cc(-c2cc(OCC3(CC(N)=O)CC3)c3cccnc3c2)cc(OC)c1OC.OO.[Na+].[OH-]. The molecule has 0 radical (unpaired) electrons. The Bertz CT molecular complexity index is 2560. The number of rotatable bonds is 17. The second-order valence-electron chi connectivity index (χ2n) is 15.5. The molecule has 5 N–H and O–H groups in total. The number of carbonyl (C=O) groups is 1. The van der Waals surface area contributed by atoms with Crippen LogP contribution in [-0.4, -0.2) is 87.7 Å². The molecule has 0 aliphatic heterocycles. The number of pyridine rings is 2. The fourth-order valence-corrected chi connectivity index (χ4v) is 7.46. The van der Waals surface area contributed by atoms with E-state index in [9.17, 15) is 4.79 Å².